The Balaban J connectivity index is 1.33. The minimum atomic E-state index is -0.216. The lowest BCUT2D eigenvalue weighted by Crippen LogP contribution is -2.49. The molecule has 0 aromatic heterocycles. The number of halogens is 1. The van der Waals surface area contributed by atoms with Gasteiger partial charge in [-0.25, -0.2) is 0 Å². The molecule has 0 saturated carbocycles. The van der Waals surface area contributed by atoms with E-state index in [0.29, 0.717) is 36.2 Å². The van der Waals surface area contributed by atoms with Crippen molar-refractivity contribution in [2.75, 3.05) is 51.8 Å². The molecule has 0 atom stereocenters. The van der Waals surface area contributed by atoms with E-state index in [1.165, 1.54) is 12.7 Å². The van der Waals surface area contributed by atoms with Gasteiger partial charge in [0.15, 0.2) is 0 Å². The van der Waals surface area contributed by atoms with Crippen molar-refractivity contribution in [1.29, 1.82) is 0 Å². The summed E-state index contributed by atoms with van der Waals surface area (Å²) in [4.78, 5) is 28.8. The third-order valence-corrected chi connectivity index (χ3v) is 5.72. The molecule has 8 heteroatoms. The number of hydrogen-bond donors (Lipinski definition) is 1. The van der Waals surface area contributed by atoms with Crippen LogP contribution in [-0.4, -0.2) is 68.1 Å². The minimum Gasteiger partial charge on any atom is -0.495 e. The number of methoxy groups -OCH3 is 1. The molecule has 1 saturated heterocycles. The van der Waals surface area contributed by atoms with Gasteiger partial charge in [0.1, 0.15) is 18.1 Å². The van der Waals surface area contributed by atoms with E-state index >= 15 is 0 Å². The second-order valence-corrected chi connectivity index (χ2v) is 8.19. The third-order valence-electron chi connectivity index (χ3n) is 5.42. The number of carbonyl (C=O) groups is 2. The molecule has 2 amide bonds. The Labute approximate surface area is 194 Å². The summed E-state index contributed by atoms with van der Waals surface area (Å²) in [6, 6.07) is 13.1. The molecule has 1 N–H and O–H groups in total. The largest absolute Gasteiger partial charge is 0.495 e. The molecule has 2 aromatic rings. The van der Waals surface area contributed by atoms with Crippen molar-refractivity contribution in [1.82, 2.24) is 9.80 Å². The SMILES string of the molecule is COc1ccc(NC(=O)CCC(=O)N2CCN(CCOc3ccc(C)cc3)CC2)cc1Cl. The highest BCUT2D eigenvalue weighted by Gasteiger charge is 2.21. The maximum absolute atomic E-state index is 12.5. The first-order valence-electron chi connectivity index (χ1n) is 10.8. The summed E-state index contributed by atoms with van der Waals surface area (Å²) in [6.45, 7) is 6.43. The molecule has 0 bridgehead atoms. The molecule has 1 aliphatic rings. The quantitative estimate of drug-likeness (QED) is 0.620. The first kappa shape index (κ1) is 23.9. The predicted molar refractivity (Wildman–Crippen MR) is 126 cm³/mol. The summed E-state index contributed by atoms with van der Waals surface area (Å²) in [5.74, 6) is 1.20. The lowest BCUT2D eigenvalue weighted by Gasteiger charge is -2.34. The highest BCUT2D eigenvalue weighted by molar-refractivity contribution is 6.32. The smallest absolute Gasteiger partial charge is 0.224 e. The van der Waals surface area contributed by atoms with Gasteiger partial charge < -0.3 is 19.7 Å². The number of piperazine rings is 1. The van der Waals surface area contributed by atoms with Crippen LogP contribution in [0.25, 0.3) is 0 Å². The first-order valence-corrected chi connectivity index (χ1v) is 11.2. The van der Waals surface area contributed by atoms with Gasteiger partial charge in [0.25, 0.3) is 0 Å². The topological polar surface area (TPSA) is 71.1 Å². The van der Waals surface area contributed by atoms with Gasteiger partial charge in [0, 0.05) is 51.3 Å². The van der Waals surface area contributed by atoms with Gasteiger partial charge in [-0.3, -0.25) is 14.5 Å². The number of aryl methyl sites for hydroxylation is 1. The van der Waals surface area contributed by atoms with Gasteiger partial charge >= 0.3 is 0 Å². The van der Waals surface area contributed by atoms with Crippen molar-refractivity contribution < 1.29 is 19.1 Å². The summed E-state index contributed by atoms with van der Waals surface area (Å²) in [5.41, 5.74) is 1.79. The van der Waals surface area contributed by atoms with Crippen LogP contribution in [0.4, 0.5) is 5.69 Å². The van der Waals surface area contributed by atoms with Crippen molar-refractivity contribution in [3.63, 3.8) is 0 Å². The number of carbonyl (C=O) groups excluding carboxylic acids is 2. The molecule has 0 spiro atoms. The number of amides is 2. The molecular formula is C24H30ClN3O4. The van der Waals surface area contributed by atoms with Crippen LogP contribution in [0, 0.1) is 6.92 Å². The summed E-state index contributed by atoms with van der Waals surface area (Å²) in [7, 11) is 1.53. The number of ether oxygens (including phenoxy) is 2. The highest BCUT2D eigenvalue weighted by Crippen LogP contribution is 2.27. The van der Waals surface area contributed by atoms with Crippen LogP contribution in [-0.2, 0) is 9.59 Å². The summed E-state index contributed by atoms with van der Waals surface area (Å²) in [6.07, 6.45) is 0.319. The van der Waals surface area contributed by atoms with E-state index in [4.69, 9.17) is 21.1 Å². The highest BCUT2D eigenvalue weighted by atomic mass is 35.5. The van der Waals surface area contributed by atoms with Gasteiger partial charge in [-0.15, -0.1) is 0 Å². The fourth-order valence-corrected chi connectivity index (χ4v) is 3.75. The zero-order valence-corrected chi connectivity index (χ0v) is 19.4. The zero-order chi connectivity index (χ0) is 22.9. The normalized spacial score (nSPS) is 14.2. The Morgan fingerprint density at radius 3 is 2.41 bits per heavy atom. The van der Waals surface area contributed by atoms with Gasteiger partial charge in [0.05, 0.1) is 12.1 Å². The fraction of sp³-hybridized carbons (Fsp3) is 0.417. The van der Waals surface area contributed by atoms with Crippen LogP contribution in [0.5, 0.6) is 11.5 Å². The van der Waals surface area contributed by atoms with E-state index in [2.05, 4.69) is 10.2 Å². The summed E-state index contributed by atoms with van der Waals surface area (Å²) in [5, 5.41) is 3.19. The Kier molecular flexibility index (Phi) is 8.76. The minimum absolute atomic E-state index is 0.00321. The van der Waals surface area contributed by atoms with Crippen molar-refractivity contribution in [3.05, 3.63) is 53.1 Å². The average Bonchev–Trinajstić information content (AvgIpc) is 2.79. The lowest BCUT2D eigenvalue weighted by molar-refractivity contribution is -0.134. The monoisotopic (exact) mass is 459 g/mol. The van der Waals surface area contributed by atoms with E-state index < -0.39 is 0 Å². The molecule has 7 nitrogen and oxygen atoms in total. The van der Waals surface area contributed by atoms with E-state index in [1.54, 1.807) is 18.2 Å². The van der Waals surface area contributed by atoms with Crippen molar-refractivity contribution in [2.24, 2.45) is 0 Å². The molecule has 32 heavy (non-hydrogen) atoms. The number of hydrogen-bond acceptors (Lipinski definition) is 5. The molecule has 1 heterocycles. The lowest BCUT2D eigenvalue weighted by atomic mass is 10.2. The second-order valence-electron chi connectivity index (χ2n) is 7.78. The van der Waals surface area contributed by atoms with Gasteiger partial charge in [-0.05, 0) is 37.3 Å². The number of rotatable bonds is 9. The fourth-order valence-electron chi connectivity index (χ4n) is 3.49. The van der Waals surface area contributed by atoms with Gasteiger partial charge in [-0.2, -0.15) is 0 Å². The van der Waals surface area contributed by atoms with Crippen LogP contribution in [0.15, 0.2) is 42.5 Å². The van der Waals surface area contributed by atoms with E-state index in [1.807, 2.05) is 36.1 Å². The first-order chi connectivity index (χ1) is 15.4. The number of nitrogens with one attached hydrogen (secondary N) is 1. The standard InChI is InChI=1S/C24H30ClN3O4/c1-18-3-6-20(7-4-18)32-16-15-27-11-13-28(14-12-27)24(30)10-9-23(29)26-19-5-8-22(31-2)21(25)17-19/h3-8,17H,9-16H2,1-2H3,(H,26,29). The second kappa shape index (κ2) is 11.7. The van der Waals surface area contributed by atoms with E-state index in [0.717, 1.165) is 25.4 Å². The maximum Gasteiger partial charge on any atom is 0.224 e. The van der Waals surface area contributed by atoms with E-state index in [-0.39, 0.29) is 24.7 Å². The Hall–Kier alpha value is -2.77. The predicted octanol–water partition coefficient (Wildman–Crippen LogP) is 3.60. The van der Waals surface area contributed by atoms with Crippen LogP contribution in [0.1, 0.15) is 18.4 Å². The van der Waals surface area contributed by atoms with Crippen molar-refractivity contribution in [3.8, 4) is 11.5 Å². The van der Waals surface area contributed by atoms with Crippen molar-refractivity contribution >= 4 is 29.1 Å². The number of benzene rings is 2. The summed E-state index contributed by atoms with van der Waals surface area (Å²) < 4.78 is 10.9. The van der Waals surface area contributed by atoms with Crippen LogP contribution in [0.3, 0.4) is 0 Å². The van der Waals surface area contributed by atoms with Gasteiger partial charge in [0.2, 0.25) is 11.8 Å². The molecule has 1 fully saturated rings. The molecule has 0 unspecified atom stereocenters. The Bertz CT molecular complexity index is 912. The molecular weight excluding hydrogens is 430 g/mol. The number of nitrogens with zero attached hydrogens (tertiary/aromatic N) is 2. The molecule has 2 aromatic carbocycles. The van der Waals surface area contributed by atoms with Crippen LogP contribution in [0.2, 0.25) is 5.02 Å². The molecule has 0 aliphatic carbocycles. The summed E-state index contributed by atoms with van der Waals surface area (Å²) >= 11 is 6.07. The zero-order valence-electron chi connectivity index (χ0n) is 18.6. The third kappa shape index (κ3) is 7.14. The average molecular weight is 460 g/mol. The molecule has 3 rings (SSSR count). The molecule has 1 aliphatic heterocycles. The van der Waals surface area contributed by atoms with E-state index in [9.17, 15) is 9.59 Å². The van der Waals surface area contributed by atoms with Crippen molar-refractivity contribution in [2.45, 2.75) is 19.8 Å². The van der Waals surface area contributed by atoms with Gasteiger partial charge in [-0.1, -0.05) is 29.3 Å². The molecule has 172 valence electrons. The Morgan fingerprint density at radius 1 is 1.03 bits per heavy atom. The number of anilines is 1. The van der Waals surface area contributed by atoms with Crippen LogP contribution < -0.4 is 14.8 Å². The Morgan fingerprint density at radius 2 is 1.75 bits per heavy atom. The van der Waals surface area contributed by atoms with Crippen LogP contribution >= 0.6 is 11.6 Å². The molecule has 0 radical (unpaired) electrons. The maximum atomic E-state index is 12.5.